The van der Waals surface area contributed by atoms with E-state index < -0.39 is 0 Å². The molecule has 9 nitrogen and oxygen atoms in total. The minimum atomic E-state index is -0.323. The van der Waals surface area contributed by atoms with Gasteiger partial charge in [0.1, 0.15) is 23.3 Å². The molecule has 32 heavy (non-hydrogen) atoms. The molecule has 0 aliphatic carbocycles. The molecule has 2 aliphatic heterocycles. The molecular weight excluding hydrogens is 432 g/mol. The Morgan fingerprint density at radius 1 is 1.31 bits per heavy atom. The third-order valence-corrected chi connectivity index (χ3v) is 6.48. The molecule has 1 aromatic heterocycles. The van der Waals surface area contributed by atoms with Gasteiger partial charge in [-0.1, -0.05) is 0 Å². The first-order chi connectivity index (χ1) is 15.5. The molecular formula is C22H26N4O5S. The molecule has 3 heterocycles. The number of nitrogens with zero attached hydrogens (tertiary/aromatic N) is 2. The molecule has 4 rings (SSSR count). The van der Waals surface area contributed by atoms with Crippen molar-refractivity contribution < 1.29 is 23.9 Å². The normalized spacial score (nSPS) is 22.6. The van der Waals surface area contributed by atoms with Crippen LogP contribution in [0, 0.1) is 0 Å². The van der Waals surface area contributed by atoms with E-state index in [9.17, 15) is 14.4 Å². The molecule has 0 radical (unpaired) electrons. The number of ether oxygens (including phenoxy) is 2. The van der Waals surface area contributed by atoms with Crippen molar-refractivity contribution >= 4 is 34.7 Å². The van der Waals surface area contributed by atoms with Crippen LogP contribution >= 0.6 is 11.3 Å². The first kappa shape index (κ1) is 22.2. The molecule has 0 spiro atoms. The number of amides is 3. The van der Waals surface area contributed by atoms with Crippen LogP contribution in [0.15, 0.2) is 29.9 Å². The molecule has 0 unspecified atom stereocenters. The van der Waals surface area contributed by atoms with Crippen molar-refractivity contribution in [2.45, 2.75) is 44.4 Å². The lowest BCUT2D eigenvalue weighted by Crippen LogP contribution is -2.54. The maximum absolute atomic E-state index is 13.3. The number of carbonyl (C=O) groups is 3. The highest BCUT2D eigenvalue weighted by molar-refractivity contribution is 7.11. The van der Waals surface area contributed by atoms with Crippen LogP contribution in [0.1, 0.15) is 46.2 Å². The van der Waals surface area contributed by atoms with E-state index in [0.29, 0.717) is 41.3 Å². The molecule has 1 fully saturated rings. The van der Waals surface area contributed by atoms with Gasteiger partial charge in [-0.2, -0.15) is 0 Å². The molecule has 3 atom stereocenters. The highest BCUT2D eigenvalue weighted by Crippen LogP contribution is 2.32. The molecule has 2 aromatic rings. The van der Waals surface area contributed by atoms with Gasteiger partial charge in [0.05, 0.1) is 35.8 Å². The Kier molecular flexibility index (Phi) is 6.71. The predicted octanol–water partition coefficient (Wildman–Crippen LogP) is 2.30. The molecule has 2 aliphatic rings. The SMILES string of the molecule is CCNC(=O)C[C@H]1CC[C@H]2[C@@H](COc3ccc(NC(=O)c4cncs4)cc3C(=O)N2C)O1. The highest BCUT2D eigenvalue weighted by Gasteiger charge is 2.39. The van der Waals surface area contributed by atoms with E-state index in [1.165, 1.54) is 17.5 Å². The van der Waals surface area contributed by atoms with Gasteiger partial charge in [-0.05, 0) is 38.0 Å². The van der Waals surface area contributed by atoms with Crippen LogP contribution in [0.25, 0.3) is 0 Å². The highest BCUT2D eigenvalue weighted by atomic mass is 32.1. The lowest BCUT2D eigenvalue weighted by atomic mass is 9.94. The van der Waals surface area contributed by atoms with Crippen LogP contribution in [0.4, 0.5) is 5.69 Å². The number of fused-ring (bicyclic) bond motifs is 2. The molecule has 1 saturated heterocycles. The van der Waals surface area contributed by atoms with Crippen LogP contribution in [0.5, 0.6) is 5.75 Å². The molecule has 10 heteroatoms. The van der Waals surface area contributed by atoms with Crippen LogP contribution in [-0.4, -0.2) is 66.1 Å². The standard InChI is InChI=1S/C22H26N4O5S/c1-3-24-20(27)9-14-5-6-16-18(31-14)11-30-17-7-4-13(8-15(17)22(29)26(16)2)25-21(28)19-10-23-12-32-19/h4,7-8,10,12,14,16,18H,3,5-6,9,11H2,1-2H3,(H,24,27)(H,25,28)/t14-,16+,18-/m1/s1. The number of nitrogens with one attached hydrogen (secondary N) is 2. The van der Waals surface area contributed by atoms with E-state index in [1.807, 2.05) is 6.92 Å². The molecule has 0 bridgehead atoms. The van der Waals surface area contributed by atoms with Crippen LogP contribution < -0.4 is 15.4 Å². The van der Waals surface area contributed by atoms with Crippen LogP contribution in [0.3, 0.4) is 0 Å². The number of aromatic nitrogens is 1. The number of likely N-dealkylation sites (N-methyl/N-ethyl adjacent to an activating group) is 1. The first-order valence-corrected chi connectivity index (χ1v) is 11.5. The van der Waals surface area contributed by atoms with Crippen molar-refractivity contribution in [3.63, 3.8) is 0 Å². The number of rotatable bonds is 5. The molecule has 1 aromatic carbocycles. The lowest BCUT2D eigenvalue weighted by Gasteiger charge is -2.42. The number of hydrogen-bond donors (Lipinski definition) is 2. The Hall–Kier alpha value is -2.98. The zero-order valence-electron chi connectivity index (χ0n) is 18.0. The van der Waals surface area contributed by atoms with Gasteiger partial charge in [0.2, 0.25) is 5.91 Å². The van der Waals surface area contributed by atoms with E-state index >= 15 is 0 Å². The molecule has 2 N–H and O–H groups in total. The van der Waals surface area contributed by atoms with Crippen molar-refractivity contribution in [3.8, 4) is 5.75 Å². The third kappa shape index (κ3) is 4.76. The maximum atomic E-state index is 13.3. The lowest BCUT2D eigenvalue weighted by molar-refractivity contribution is -0.133. The number of thiazole rings is 1. The fraction of sp³-hybridized carbons (Fsp3) is 0.455. The monoisotopic (exact) mass is 458 g/mol. The second-order valence-electron chi connectivity index (χ2n) is 7.86. The Morgan fingerprint density at radius 3 is 2.91 bits per heavy atom. The fourth-order valence-electron chi connectivity index (χ4n) is 4.10. The van der Waals surface area contributed by atoms with E-state index in [-0.39, 0.29) is 42.6 Å². The van der Waals surface area contributed by atoms with Gasteiger partial charge in [0, 0.05) is 19.3 Å². The average Bonchev–Trinajstić information content (AvgIpc) is 3.32. The smallest absolute Gasteiger partial charge is 0.267 e. The number of hydrogen-bond acceptors (Lipinski definition) is 7. The summed E-state index contributed by atoms with van der Waals surface area (Å²) in [6, 6.07) is 4.86. The van der Waals surface area contributed by atoms with Crippen molar-refractivity contribution in [1.29, 1.82) is 0 Å². The topological polar surface area (TPSA) is 110 Å². The third-order valence-electron chi connectivity index (χ3n) is 5.71. The summed E-state index contributed by atoms with van der Waals surface area (Å²) in [6.07, 6.45) is 2.69. The minimum Gasteiger partial charge on any atom is -0.490 e. The predicted molar refractivity (Wildman–Crippen MR) is 119 cm³/mol. The number of carbonyl (C=O) groups excluding carboxylic acids is 3. The number of benzene rings is 1. The van der Waals surface area contributed by atoms with Gasteiger partial charge in [0.25, 0.3) is 11.8 Å². The van der Waals surface area contributed by atoms with Crippen LogP contribution in [-0.2, 0) is 9.53 Å². The maximum Gasteiger partial charge on any atom is 0.267 e. The summed E-state index contributed by atoms with van der Waals surface area (Å²) in [6.45, 7) is 2.74. The van der Waals surface area contributed by atoms with Gasteiger partial charge in [-0.3, -0.25) is 19.4 Å². The van der Waals surface area contributed by atoms with Gasteiger partial charge in [-0.25, -0.2) is 0 Å². The molecule has 170 valence electrons. The Morgan fingerprint density at radius 2 is 2.16 bits per heavy atom. The summed E-state index contributed by atoms with van der Waals surface area (Å²) in [4.78, 5) is 43.6. The van der Waals surface area contributed by atoms with E-state index in [0.717, 1.165) is 6.42 Å². The van der Waals surface area contributed by atoms with E-state index in [4.69, 9.17) is 9.47 Å². The Labute approximate surface area is 190 Å². The van der Waals surface area contributed by atoms with Gasteiger partial charge in [-0.15, -0.1) is 11.3 Å². The first-order valence-electron chi connectivity index (χ1n) is 10.6. The van der Waals surface area contributed by atoms with E-state index in [1.54, 1.807) is 35.7 Å². The Bertz CT molecular complexity index is 996. The van der Waals surface area contributed by atoms with Gasteiger partial charge < -0.3 is 25.0 Å². The summed E-state index contributed by atoms with van der Waals surface area (Å²) in [7, 11) is 1.76. The average molecular weight is 459 g/mol. The minimum absolute atomic E-state index is 0.0367. The molecule has 0 saturated carbocycles. The zero-order chi connectivity index (χ0) is 22.7. The van der Waals surface area contributed by atoms with Crippen molar-refractivity contribution in [3.05, 3.63) is 40.3 Å². The largest absolute Gasteiger partial charge is 0.490 e. The summed E-state index contributed by atoms with van der Waals surface area (Å²) in [5.41, 5.74) is 2.48. The van der Waals surface area contributed by atoms with Crippen LogP contribution in [0.2, 0.25) is 0 Å². The summed E-state index contributed by atoms with van der Waals surface area (Å²) >= 11 is 1.24. The van der Waals surface area contributed by atoms with Gasteiger partial charge >= 0.3 is 0 Å². The zero-order valence-corrected chi connectivity index (χ0v) is 18.8. The Balaban J connectivity index is 1.49. The quantitative estimate of drug-likeness (QED) is 0.712. The van der Waals surface area contributed by atoms with Crippen molar-refractivity contribution in [2.75, 3.05) is 25.5 Å². The van der Waals surface area contributed by atoms with Gasteiger partial charge in [0.15, 0.2) is 0 Å². The van der Waals surface area contributed by atoms with Crippen molar-refractivity contribution in [1.82, 2.24) is 15.2 Å². The fourth-order valence-corrected chi connectivity index (χ4v) is 4.62. The molecule has 3 amide bonds. The second kappa shape index (κ2) is 9.66. The number of anilines is 1. The summed E-state index contributed by atoms with van der Waals surface area (Å²) in [5.74, 6) is -0.0794. The van der Waals surface area contributed by atoms with Crippen molar-refractivity contribution in [2.24, 2.45) is 0 Å². The second-order valence-corrected chi connectivity index (χ2v) is 8.74. The summed E-state index contributed by atoms with van der Waals surface area (Å²) < 4.78 is 12.1. The van der Waals surface area contributed by atoms with E-state index in [2.05, 4.69) is 15.6 Å². The summed E-state index contributed by atoms with van der Waals surface area (Å²) in [5, 5.41) is 5.60.